The van der Waals surface area contributed by atoms with Crippen molar-refractivity contribution >= 4 is 29.1 Å². The molecule has 0 fully saturated rings. The average molecular weight is 314 g/mol. The zero-order valence-electron chi connectivity index (χ0n) is 10.2. The van der Waals surface area contributed by atoms with Crippen LogP contribution in [-0.4, -0.2) is 11.0 Å². The van der Waals surface area contributed by atoms with Gasteiger partial charge in [0.1, 0.15) is 11.6 Å². The minimum Gasteiger partial charge on any atom is -0.507 e. The van der Waals surface area contributed by atoms with Crippen LogP contribution in [0.25, 0.3) is 0 Å². The molecule has 0 aliphatic rings. The molecule has 0 bridgehead atoms. The van der Waals surface area contributed by atoms with Gasteiger partial charge in [-0.05, 0) is 35.9 Å². The highest BCUT2D eigenvalue weighted by atomic mass is 35.5. The smallest absolute Gasteiger partial charge is 0.255 e. The van der Waals surface area contributed by atoms with Crippen molar-refractivity contribution in [1.29, 1.82) is 0 Å². The zero-order chi connectivity index (χ0) is 14.7. The van der Waals surface area contributed by atoms with E-state index in [-0.39, 0.29) is 22.9 Å². The van der Waals surface area contributed by atoms with E-state index >= 15 is 0 Å². The number of phenolic OH excluding ortho intramolecular Hbond substituents is 1. The first-order valence-electron chi connectivity index (χ1n) is 5.68. The maximum atomic E-state index is 13.0. The highest BCUT2D eigenvalue weighted by Gasteiger charge is 2.11. The summed E-state index contributed by atoms with van der Waals surface area (Å²) in [6.07, 6.45) is 0. The van der Waals surface area contributed by atoms with E-state index in [1.54, 1.807) is 0 Å². The third-order valence-corrected chi connectivity index (χ3v) is 3.17. The standard InChI is InChI=1S/C14H10Cl2FNO2/c15-9-2-4-13(19)10(6-9)14(20)18-7-8-1-3-12(17)11(16)5-8/h1-6,19H,7H2,(H,18,20). The van der Waals surface area contributed by atoms with Gasteiger partial charge in [0.05, 0.1) is 10.6 Å². The molecule has 0 spiro atoms. The first-order chi connectivity index (χ1) is 9.47. The van der Waals surface area contributed by atoms with Crippen LogP contribution >= 0.6 is 23.2 Å². The summed E-state index contributed by atoms with van der Waals surface area (Å²) in [5, 5.41) is 12.5. The van der Waals surface area contributed by atoms with Gasteiger partial charge in [-0.1, -0.05) is 29.3 Å². The highest BCUT2D eigenvalue weighted by Crippen LogP contribution is 2.21. The molecule has 0 radical (unpaired) electrons. The first kappa shape index (κ1) is 14.6. The largest absolute Gasteiger partial charge is 0.507 e. The van der Waals surface area contributed by atoms with Gasteiger partial charge in [0, 0.05) is 11.6 Å². The van der Waals surface area contributed by atoms with Crippen LogP contribution < -0.4 is 5.32 Å². The molecule has 2 N–H and O–H groups in total. The van der Waals surface area contributed by atoms with Gasteiger partial charge in [-0.25, -0.2) is 4.39 Å². The summed E-state index contributed by atoms with van der Waals surface area (Å²) in [6.45, 7) is 0.158. The third kappa shape index (κ3) is 3.40. The van der Waals surface area contributed by atoms with E-state index < -0.39 is 11.7 Å². The summed E-state index contributed by atoms with van der Waals surface area (Å²) in [5.41, 5.74) is 0.719. The number of benzene rings is 2. The molecule has 1 amide bonds. The number of carbonyl (C=O) groups excluding carboxylic acids is 1. The van der Waals surface area contributed by atoms with E-state index in [1.807, 2.05) is 0 Å². The van der Waals surface area contributed by atoms with Crippen LogP contribution in [0.15, 0.2) is 36.4 Å². The van der Waals surface area contributed by atoms with Crippen LogP contribution in [0.2, 0.25) is 10.0 Å². The minimum absolute atomic E-state index is 0.0117. The fourth-order valence-corrected chi connectivity index (χ4v) is 1.99. The Balaban J connectivity index is 2.08. The summed E-state index contributed by atoms with van der Waals surface area (Å²) < 4.78 is 13.0. The van der Waals surface area contributed by atoms with Crippen LogP contribution in [0.1, 0.15) is 15.9 Å². The second-order valence-corrected chi connectivity index (χ2v) is 4.94. The van der Waals surface area contributed by atoms with E-state index in [0.29, 0.717) is 10.6 Å². The maximum Gasteiger partial charge on any atom is 0.255 e. The van der Waals surface area contributed by atoms with Crippen LogP contribution in [0, 0.1) is 5.82 Å². The molecule has 6 heteroatoms. The maximum absolute atomic E-state index is 13.0. The summed E-state index contributed by atoms with van der Waals surface area (Å²) in [5.74, 6) is -1.16. The zero-order valence-corrected chi connectivity index (χ0v) is 11.7. The Labute approximate surface area is 124 Å². The van der Waals surface area contributed by atoms with Gasteiger partial charge in [-0.3, -0.25) is 4.79 Å². The number of hydrogen-bond acceptors (Lipinski definition) is 2. The molecule has 20 heavy (non-hydrogen) atoms. The molecular formula is C14H10Cl2FNO2. The van der Waals surface area contributed by atoms with Crippen LogP contribution in [0.3, 0.4) is 0 Å². The Hall–Kier alpha value is -1.78. The van der Waals surface area contributed by atoms with Crippen LogP contribution in [0.4, 0.5) is 4.39 Å². The van der Waals surface area contributed by atoms with E-state index in [4.69, 9.17) is 23.2 Å². The minimum atomic E-state index is -0.519. The van der Waals surface area contributed by atoms with E-state index in [9.17, 15) is 14.3 Å². The van der Waals surface area contributed by atoms with Crippen molar-refractivity contribution < 1.29 is 14.3 Å². The lowest BCUT2D eigenvalue weighted by atomic mass is 10.1. The van der Waals surface area contributed by atoms with Crippen molar-refractivity contribution in [1.82, 2.24) is 5.32 Å². The number of aromatic hydroxyl groups is 1. The quantitative estimate of drug-likeness (QED) is 0.906. The number of phenols is 1. The molecule has 3 nitrogen and oxygen atoms in total. The lowest BCUT2D eigenvalue weighted by Crippen LogP contribution is -2.22. The number of amides is 1. The molecular weight excluding hydrogens is 304 g/mol. The molecule has 0 aliphatic carbocycles. The van der Waals surface area contributed by atoms with Crippen molar-refractivity contribution in [2.24, 2.45) is 0 Å². The molecule has 0 aliphatic heterocycles. The number of rotatable bonds is 3. The Morgan fingerprint density at radius 2 is 1.95 bits per heavy atom. The molecule has 2 aromatic rings. The number of carbonyl (C=O) groups is 1. The Morgan fingerprint density at radius 1 is 1.20 bits per heavy atom. The molecule has 0 saturated heterocycles. The van der Waals surface area contributed by atoms with Crippen molar-refractivity contribution in [3.05, 3.63) is 63.4 Å². The molecule has 2 rings (SSSR count). The van der Waals surface area contributed by atoms with Gasteiger partial charge in [-0.15, -0.1) is 0 Å². The summed E-state index contributed by atoms with van der Waals surface area (Å²) in [6, 6.07) is 8.35. The second-order valence-electron chi connectivity index (χ2n) is 4.09. The van der Waals surface area contributed by atoms with Crippen molar-refractivity contribution in [2.75, 3.05) is 0 Å². The van der Waals surface area contributed by atoms with E-state index in [0.717, 1.165) is 0 Å². The SMILES string of the molecule is O=C(NCc1ccc(F)c(Cl)c1)c1cc(Cl)ccc1O. The molecule has 104 valence electrons. The normalized spacial score (nSPS) is 10.3. The van der Waals surface area contributed by atoms with Gasteiger partial charge in [0.15, 0.2) is 0 Å². The molecule has 0 aromatic heterocycles. The predicted octanol–water partition coefficient (Wildman–Crippen LogP) is 3.77. The predicted molar refractivity (Wildman–Crippen MR) is 75.7 cm³/mol. The molecule has 2 aromatic carbocycles. The van der Waals surface area contributed by atoms with Gasteiger partial charge in [0.25, 0.3) is 5.91 Å². The van der Waals surface area contributed by atoms with E-state index in [2.05, 4.69) is 5.32 Å². The van der Waals surface area contributed by atoms with Crippen LogP contribution in [-0.2, 0) is 6.54 Å². The van der Waals surface area contributed by atoms with Gasteiger partial charge >= 0.3 is 0 Å². The monoisotopic (exact) mass is 313 g/mol. The summed E-state index contributed by atoms with van der Waals surface area (Å²) >= 11 is 11.4. The van der Waals surface area contributed by atoms with Gasteiger partial charge in [-0.2, -0.15) is 0 Å². The average Bonchev–Trinajstić information content (AvgIpc) is 2.42. The molecule has 0 unspecified atom stereocenters. The van der Waals surface area contributed by atoms with E-state index in [1.165, 1.54) is 36.4 Å². The summed E-state index contributed by atoms with van der Waals surface area (Å²) in [4.78, 5) is 11.9. The lowest BCUT2D eigenvalue weighted by molar-refractivity contribution is 0.0948. The molecule has 0 atom stereocenters. The van der Waals surface area contributed by atoms with Crippen molar-refractivity contribution in [3.8, 4) is 5.75 Å². The number of nitrogens with one attached hydrogen (secondary N) is 1. The summed E-state index contributed by atoms with van der Waals surface area (Å²) in [7, 11) is 0. The molecule has 0 saturated carbocycles. The lowest BCUT2D eigenvalue weighted by Gasteiger charge is -2.08. The van der Waals surface area contributed by atoms with Crippen molar-refractivity contribution in [3.63, 3.8) is 0 Å². The first-order valence-corrected chi connectivity index (χ1v) is 6.43. The van der Waals surface area contributed by atoms with Gasteiger partial charge < -0.3 is 10.4 Å². The van der Waals surface area contributed by atoms with Crippen LogP contribution in [0.5, 0.6) is 5.75 Å². The number of hydrogen-bond donors (Lipinski definition) is 2. The highest BCUT2D eigenvalue weighted by molar-refractivity contribution is 6.31. The Bertz CT molecular complexity index is 662. The Kier molecular flexibility index (Phi) is 4.47. The Morgan fingerprint density at radius 3 is 2.65 bits per heavy atom. The van der Waals surface area contributed by atoms with Gasteiger partial charge in [0.2, 0.25) is 0 Å². The second kappa shape index (κ2) is 6.11. The molecule has 0 heterocycles. The topological polar surface area (TPSA) is 49.3 Å². The van der Waals surface area contributed by atoms with Crippen molar-refractivity contribution in [2.45, 2.75) is 6.54 Å². The fraction of sp³-hybridized carbons (Fsp3) is 0.0714. The fourth-order valence-electron chi connectivity index (χ4n) is 1.62. The number of halogens is 3. The third-order valence-electron chi connectivity index (χ3n) is 2.64.